The summed E-state index contributed by atoms with van der Waals surface area (Å²) >= 11 is 0. The van der Waals surface area contributed by atoms with Crippen LogP contribution in [0.1, 0.15) is 31.7 Å². The van der Waals surface area contributed by atoms with Crippen LogP contribution in [0.2, 0.25) is 0 Å². The number of likely N-dealkylation sites (tertiary alicyclic amines) is 1. The van der Waals surface area contributed by atoms with E-state index in [1.165, 1.54) is 0 Å². The molecule has 14 heteroatoms. The molecule has 0 radical (unpaired) electrons. The van der Waals surface area contributed by atoms with Crippen LogP contribution in [0.3, 0.4) is 0 Å². The SMILES string of the molecule is CCCCS(=O)(=O)NC(CNC(=O)COC1C[C@@H](CNc2ccccn2)N(C(=O)OCc2ccccc2)C1)C(=O)O. The smallest absolute Gasteiger partial charge is 0.410 e. The van der Waals surface area contributed by atoms with E-state index in [0.29, 0.717) is 31.6 Å². The number of benzene rings is 1. The van der Waals surface area contributed by atoms with Gasteiger partial charge in [-0.3, -0.25) is 9.59 Å². The molecule has 1 fully saturated rings. The molecule has 0 bridgehead atoms. The van der Waals surface area contributed by atoms with Crippen LogP contribution in [-0.2, 0) is 35.7 Å². The molecule has 0 saturated carbocycles. The van der Waals surface area contributed by atoms with Crippen LogP contribution in [0, 0.1) is 0 Å². The molecule has 3 atom stereocenters. The zero-order valence-corrected chi connectivity index (χ0v) is 23.7. The molecule has 224 valence electrons. The van der Waals surface area contributed by atoms with Crippen LogP contribution in [0.5, 0.6) is 0 Å². The highest BCUT2D eigenvalue weighted by atomic mass is 32.2. The number of carbonyl (C=O) groups excluding carboxylic acids is 2. The van der Waals surface area contributed by atoms with Crippen molar-refractivity contribution in [3.05, 3.63) is 60.3 Å². The van der Waals surface area contributed by atoms with E-state index in [9.17, 15) is 27.9 Å². The maximum absolute atomic E-state index is 13.0. The van der Waals surface area contributed by atoms with Crippen molar-refractivity contribution < 1.29 is 37.4 Å². The molecular weight excluding hydrogens is 554 g/mol. The van der Waals surface area contributed by atoms with E-state index in [2.05, 4.69) is 20.3 Å². The number of nitrogens with one attached hydrogen (secondary N) is 3. The predicted octanol–water partition coefficient (Wildman–Crippen LogP) is 1.58. The summed E-state index contributed by atoms with van der Waals surface area (Å²) in [5.74, 6) is -1.58. The van der Waals surface area contributed by atoms with E-state index < -0.39 is 53.3 Å². The summed E-state index contributed by atoms with van der Waals surface area (Å²) in [6.07, 6.45) is 2.09. The van der Waals surface area contributed by atoms with Gasteiger partial charge < -0.3 is 30.1 Å². The van der Waals surface area contributed by atoms with Gasteiger partial charge in [0.05, 0.1) is 24.4 Å². The van der Waals surface area contributed by atoms with Crippen LogP contribution < -0.4 is 15.4 Å². The Kier molecular flexibility index (Phi) is 12.3. The Bertz CT molecular complexity index is 1230. The summed E-state index contributed by atoms with van der Waals surface area (Å²) in [7, 11) is -3.80. The number of carbonyl (C=O) groups is 3. The second-order valence-electron chi connectivity index (χ2n) is 9.60. The molecule has 2 amide bonds. The summed E-state index contributed by atoms with van der Waals surface area (Å²) in [6.45, 7) is 1.65. The van der Waals surface area contributed by atoms with Crippen molar-refractivity contribution in [2.45, 2.75) is 51.0 Å². The van der Waals surface area contributed by atoms with Gasteiger partial charge in [-0.2, -0.15) is 4.72 Å². The Balaban J connectivity index is 1.53. The number of pyridine rings is 1. The van der Waals surface area contributed by atoms with Crippen LogP contribution in [-0.4, -0.2) is 91.6 Å². The predicted molar refractivity (Wildman–Crippen MR) is 150 cm³/mol. The minimum Gasteiger partial charge on any atom is -0.480 e. The first kappa shape index (κ1) is 31.8. The Morgan fingerprint density at radius 3 is 2.59 bits per heavy atom. The molecule has 13 nitrogen and oxygen atoms in total. The number of amides is 2. The van der Waals surface area contributed by atoms with E-state index in [4.69, 9.17) is 9.47 Å². The van der Waals surface area contributed by atoms with E-state index in [1.54, 1.807) is 23.2 Å². The number of sulfonamides is 1. The van der Waals surface area contributed by atoms with Crippen LogP contribution in [0.25, 0.3) is 0 Å². The van der Waals surface area contributed by atoms with Crippen LogP contribution in [0.4, 0.5) is 10.6 Å². The van der Waals surface area contributed by atoms with Gasteiger partial charge in [0.1, 0.15) is 25.1 Å². The molecule has 41 heavy (non-hydrogen) atoms. The lowest BCUT2D eigenvalue weighted by molar-refractivity contribution is -0.139. The van der Waals surface area contributed by atoms with Crippen molar-refractivity contribution in [1.29, 1.82) is 0 Å². The zero-order chi connectivity index (χ0) is 29.7. The van der Waals surface area contributed by atoms with Gasteiger partial charge in [-0.05, 0) is 30.5 Å². The molecule has 1 aliphatic rings. The summed E-state index contributed by atoms with van der Waals surface area (Å²) in [5, 5.41) is 15.0. The monoisotopic (exact) mass is 591 g/mol. The lowest BCUT2D eigenvalue weighted by Gasteiger charge is -2.24. The molecular formula is C27H37N5O8S. The van der Waals surface area contributed by atoms with Gasteiger partial charge in [0.25, 0.3) is 0 Å². The first-order valence-electron chi connectivity index (χ1n) is 13.4. The van der Waals surface area contributed by atoms with Gasteiger partial charge in [-0.1, -0.05) is 49.7 Å². The third-order valence-electron chi connectivity index (χ3n) is 6.34. The van der Waals surface area contributed by atoms with E-state index in [0.717, 1.165) is 5.56 Å². The molecule has 1 aromatic heterocycles. The van der Waals surface area contributed by atoms with E-state index >= 15 is 0 Å². The van der Waals surface area contributed by atoms with Gasteiger partial charge in [0, 0.05) is 19.3 Å². The van der Waals surface area contributed by atoms with E-state index in [1.807, 2.05) is 43.3 Å². The summed E-state index contributed by atoms with van der Waals surface area (Å²) in [5.41, 5.74) is 0.847. The van der Waals surface area contributed by atoms with E-state index in [-0.39, 0.29) is 24.9 Å². The van der Waals surface area contributed by atoms with Gasteiger partial charge >= 0.3 is 12.1 Å². The second kappa shape index (κ2) is 15.9. The van der Waals surface area contributed by atoms with Gasteiger partial charge in [0.2, 0.25) is 15.9 Å². The fourth-order valence-electron chi connectivity index (χ4n) is 4.15. The molecule has 3 rings (SSSR count). The number of carboxylic acids is 1. The Morgan fingerprint density at radius 2 is 1.90 bits per heavy atom. The maximum Gasteiger partial charge on any atom is 0.410 e. The van der Waals surface area contributed by atoms with Crippen LogP contribution >= 0.6 is 0 Å². The highest BCUT2D eigenvalue weighted by Gasteiger charge is 2.37. The molecule has 0 spiro atoms. The van der Waals surface area contributed by atoms with Gasteiger partial charge in [0.15, 0.2) is 0 Å². The maximum atomic E-state index is 13.0. The van der Waals surface area contributed by atoms with Gasteiger partial charge in [-0.25, -0.2) is 18.2 Å². The summed E-state index contributed by atoms with van der Waals surface area (Å²) in [6, 6.07) is 12.9. The molecule has 2 unspecified atom stereocenters. The molecule has 4 N–H and O–H groups in total. The zero-order valence-electron chi connectivity index (χ0n) is 22.9. The number of aromatic nitrogens is 1. The lowest BCUT2D eigenvalue weighted by Crippen LogP contribution is -2.49. The topological polar surface area (TPSA) is 176 Å². The minimum absolute atomic E-state index is 0.109. The molecule has 0 aliphatic carbocycles. The largest absolute Gasteiger partial charge is 0.480 e. The standard InChI is InChI=1S/C27H37N5O8S/c1-2-3-13-41(37,38)31-23(26(34)35)16-30-25(33)19-39-22-14-21(15-29-24-11-7-8-12-28-24)32(17-22)27(36)40-18-20-9-5-4-6-10-20/h4-12,21-23,31H,2-3,13-19H2,1H3,(H,28,29)(H,30,33)(H,34,35)/t21-,22?,23?/m0/s1. The number of carboxylic acid groups (broad SMARTS) is 1. The number of nitrogens with zero attached hydrogens (tertiary/aromatic N) is 2. The number of unbranched alkanes of at least 4 members (excludes halogenated alkanes) is 1. The van der Waals surface area contributed by atoms with Crippen molar-refractivity contribution in [2.75, 3.05) is 37.3 Å². The third-order valence-corrected chi connectivity index (χ3v) is 7.81. The number of rotatable bonds is 16. The lowest BCUT2D eigenvalue weighted by atomic mass is 10.2. The average Bonchev–Trinajstić information content (AvgIpc) is 3.39. The number of aliphatic carboxylic acids is 1. The minimum atomic E-state index is -3.80. The Hall–Kier alpha value is -3.75. The van der Waals surface area contributed by atoms with Crippen molar-refractivity contribution in [1.82, 2.24) is 19.9 Å². The number of hydrogen-bond acceptors (Lipinski definition) is 9. The number of hydrogen-bond donors (Lipinski definition) is 4. The number of ether oxygens (including phenoxy) is 2. The fourth-order valence-corrected chi connectivity index (χ4v) is 5.56. The fraction of sp³-hybridized carbons (Fsp3) is 0.481. The van der Waals surface area contributed by atoms with Crippen molar-refractivity contribution in [3.63, 3.8) is 0 Å². The molecule has 1 aliphatic heterocycles. The summed E-state index contributed by atoms with van der Waals surface area (Å²) in [4.78, 5) is 42.6. The first-order valence-corrected chi connectivity index (χ1v) is 15.1. The summed E-state index contributed by atoms with van der Waals surface area (Å²) < 4.78 is 37.5. The average molecular weight is 592 g/mol. The molecule has 2 aromatic rings. The molecule has 1 saturated heterocycles. The highest BCUT2D eigenvalue weighted by molar-refractivity contribution is 7.89. The first-order chi connectivity index (χ1) is 19.7. The normalized spacial score (nSPS) is 17.5. The molecule has 1 aromatic carbocycles. The number of anilines is 1. The molecule has 2 heterocycles. The highest BCUT2D eigenvalue weighted by Crippen LogP contribution is 2.22. The Morgan fingerprint density at radius 1 is 1.15 bits per heavy atom. The van der Waals surface area contributed by atoms with Crippen molar-refractivity contribution >= 4 is 33.8 Å². The van der Waals surface area contributed by atoms with Crippen molar-refractivity contribution in [3.8, 4) is 0 Å². The second-order valence-corrected chi connectivity index (χ2v) is 11.5. The van der Waals surface area contributed by atoms with Crippen molar-refractivity contribution in [2.24, 2.45) is 0 Å². The van der Waals surface area contributed by atoms with Crippen LogP contribution in [0.15, 0.2) is 54.7 Å². The van der Waals surface area contributed by atoms with Gasteiger partial charge in [-0.15, -0.1) is 0 Å². The quantitative estimate of drug-likeness (QED) is 0.224. The third kappa shape index (κ3) is 11.0. The Labute approximate surface area is 239 Å².